The second-order valence-corrected chi connectivity index (χ2v) is 4.93. The maximum atomic E-state index is 5.82. The number of rotatable bonds is 2. The zero-order valence-electron chi connectivity index (χ0n) is 9.57. The van der Waals surface area contributed by atoms with Gasteiger partial charge in [-0.2, -0.15) is 0 Å². The van der Waals surface area contributed by atoms with Gasteiger partial charge in [0.1, 0.15) is 0 Å². The van der Waals surface area contributed by atoms with Crippen molar-refractivity contribution in [3.8, 4) is 0 Å². The molecule has 0 aromatic heterocycles. The molecule has 0 amide bonds. The third-order valence-corrected chi connectivity index (χ3v) is 3.73. The summed E-state index contributed by atoms with van der Waals surface area (Å²) in [5, 5.41) is 3.56. The Balaban J connectivity index is 1.72. The minimum Gasteiger partial charge on any atom is -0.399 e. The van der Waals surface area contributed by atoms with Crippen molar-refractivity contribution in [3.05, 3.63) is 23.8 Å². The first kappa shape index (κ1) is 9.97. The van der Waals surface area contributed by atoms with E-state index >= 15 is 0 Å². The molecule has 2 aliphatic rings. The summed E-state index contributed by atoms with van der Waals surface area (Å²) >= 11 is 0. The van der Waals surface area contributed by atoms with Crippen LogP contribution < -0.4 is 11.1 Å². The molecule has 3 unspecified atom stereocenters. The van der Waals surface area contributed by atoms with E-state index in [1.165, 1.54) is 12.8 Å². The number of hydrogen-bond acceptors (Lipinski definition) is 3. The van der Waals surface area contributed by atoms with Crippen molar-refractivity contribution in [2.75, 3.05) is 11.1 Å². The van der Waals surface area contributed by atoms with Crippen LogP contribution in [0.2, 0.25) is 0 Å². The van der Waals surface area contributed by atoms with E-state index in [9.17, 15) is 0 Å². The second kappa shape index (κ2) is 3.67. The van der Waals surface area contributed by atoms with Crippen molar-refractivity contribution >= 4 is 11.4 Å². The summed E-state index contributed by atoms with van der Waals surface area (Å²) < 4.78 is 5.82. The predicted molar refractivity (Wildman–Crippen MR) is 65.5 cm³/mol. The van der Waals surface area contributed by atoms with Gasteiger partial charge in [-0.25, -0.2) is 0 Å². The van der Waals surface area contributed by atoms with Crippen LogP contribution in [0.4, 0.5) is 11.4 Å². The molecule has 1 aromatic carbocycles. The summed E-state index contributed by atoms with van der Waals surface area (Å²) in [5.74, 6) is 0. The highest BCUT2D eigenvalue weighted by Crippen LogP contribution is 2.36. The van der Waals surface area contributed by atoms with E-state index in [0.29, 0.717) is 18.2 Å². The average Bonchev–Trinajstić information content (AvgIpc) is 2.85. The van der Waals surface area contributed by atoms with Gasteiger partial charge in [-0.1, -0.05) is 0 Å². The molecule has 3 N–H and O–H groups in total. The zero-order valence-corrected chi connectivity index (χ0v) is 9.57. The van der Waals surface area contributed by atoms with Crippen LogP contribution in [-0.4, -0.2) is 18.2 Å². The molecular formula is C13H18N2O. The number of benzene rings is 1. The molecule has 0 spiro atoms. The van der Waals surface area contributed by atoms with Crippen LogP contribution in [0, 0.1) is 6.92 Å². The first-order valence-corrected chi connectivity index (χ1v) is 6.00. The molecule has 86 valence electrons. The molecule has 2 heterocycles. The highest BCUT2D eigenvalue weighted by Gasteiger charge is 2.40. The van der Waals surface area contributed by atoms with Crippen molar-refractivity contribution in [1.82, 2.24) is 0 Å². The summed E-state index contributed by atoms with van der Waals surface area (Å²) in [6.45, 7) is 2.04. The molecule has 2 fully saturated rings. The van der Waals surface area contributed by atoms with Crippen molar-refractivity contribution < 1.29 is 4.74 Å². The molecule has 0 radical (unpaired) electrons. The average molecular weight is 218 g/mol. The van der Waals surface area contributed by atoms with Crippen LogP contribution in [0.25, 0.3) is 0 Å². The molecule has 1 aromatic rings. The fourth-order valence-electron chi connectivity index (χ4n) is 2.77. The van der Waals surface area contributed by atoms with Crippen LogP contribution in [0.1, 0.15) is 24.8 Å². The van der Waals surface area contributed by atoms with Crippen molar-refractivity contribution in [3.63, 3.8) is 0 Å². The van der Waals surface area contributed by atoms with Gasteiger partial charge in [0.15, 0.2) is 0 Å². The maximum Gasteiger partial charge on any atom is 0.0781 e. The minimum absolute atomic E-state index is 0.419. The van der Waals surface area contributed by atoms with Crippen molar-refractivity contribution in [1.29, 1.82) is 0 Å². The summed E-state index contributed by atoms with van der Waals surface area (Å²) in [6.07, 6.45) is 4.51. The van der Waals surface area contributed by atoms with Gasteiger partial charge in [0, 0.05) is 11.4 Å². The summed E-state index contributed by atoms with van der Waals surface area (Å²) in [4.78, 5) is 0. The Bertz CT molecular complexity index is 405. The molecule has 3 heteroatoms. The first-order chi connectivity index (χ1) is 7.72. The summed E-state index contributed by atoms with van der Waals surface area (Å²) in [7, 11) is 0. The largest absolute Gasteiger partial charge is 0.399 e. The molecule has 0 aliphatic carbocycles. The van der Waals surface area contributed by atoms with Gasteiger partial charge >= 0.3 is 0 Å². The van der Waals surface area contributed by atoms with Gasteiger partial charge < -0.3 is 15.8 Å². The molecule has 3 rings (SSSR count). The Labute approximate surface area is 96.0 Å². The lowest BCUT2D eigenvalue weighted by Gasteiger charge is -2.21. The Morgan fingerprint density at radius 3 is 2.88 bits per heavy atom. The normalized spacial score (nSPS) is 31.9. The number of ether oxygens (including phenoxy) is 1. The fraction of sp³-hybridized carbons (Fsp3) is 0.538. The van der Waals surface area contributed by atoms with E-state index < -0.39 is 0 Å². The summed E-state index contributed by atoms with van der Waals surface area (Å²) in [5.41, 5.74) is 8.95. The van der Waals surface area contributed by atoms with Gasteiger partial charge in [-0.3, -0.25) is 0 Å². The van der Waals surface area contributed by atoms with E-state index in [4.69, 9.17) is 10.5 Å². The third kappa shape index (κ3) is 1.65. The van der Waals surface area contributed by atoms with Crippen molar-refractivity contribution in [2.45, 2.75) is 44.4 Å². The van der Waals surface area contributed by atoms with Gasteiger partial charge in [0.2, 0.25) is 0 Å². The quantitative estimate of drug-likeness (QED) is 0.749. The maximum absolute atomic E-state index is 5.82. The number of aryl methyl sites for hydroxylation is 1. The lowest BCUT2D eigenvalue weighted by Crippen LogP contribution is -2.30. The summed E-state index contributed by atoms with van der Waals surface area (Å²) in [6, 6.07) is 6.61. The van der Waals surface area contributed by atoms with Gasteiger partial charge in [-0.05, 0) is 49.9 Å². The van der Waals surface area contributed by atoms with E-state index in [2.05, 4.69) is 11.4 Å². The standard InChI is InChI=1S/C13H18N2O/c1-8-6-9(2-4-11(8)14)15-12-7-10-3-5-13(12)16-10/h2,4,6,10,12-13,15H,3,5,7,14H2,1H3. The van der Waals surface area contributed by atoms with E-state index in [0.717, 1.165) is 23.4 Å². The Morgan fingerprint density at radius 1 is 1.38 bits per heavy atom. The third-order valence-electron chi connectivity index (χ3n) is 3.73. The SMILES string of the molecule is Cc1cc(NC2CC3CCC2O3)ccc1N. The number of nitrogens with two attached hydrogens (primary N) is 1. The van der Waals surface area contributed by atoms with Gasteiger partial charge in [0.05, 0.1) is 18.2 Å². The molecule has 3 nitrogen and oxygen atoms in total. The smallest absolute Gasteiger partial charge is 0.0781 e. The van der Waals surface area contributed by atoms with Crippen LogP contribution in [0.3, 0.4) is 0 Å². The van der Waals surface area contributed by atoms with E-state index in [1.807, 2.05) is 19.1 Å². The molecule has 3 atom stereocenters. The van der Waals surface area contributed by atoms with Gasteiger partial charge in [-0.15, -0.1) is 0 Å². The fourth-order valence-corrected chi connectivity index (χ4v) is 2.77. The van der Waals surface area contributed by atoms with Crippen molar-refractivity contribution in [2.24, 2.45) is 0 Å². The highest BCUT2D eigenvalue weighted by molar-refractivity contribution is 5.57. The van der Waals surface area contributed by atoms with E-state index in [-0.39, 0.29) is 0 Å². The number of anilines is 2. The van der Waals surface area contributed by atoms with Crippen LogP contribution in [0.15, 0.2) is 18.2 Å². The molecular weight excluding hydrogens is 200 g/mol. The molecule has 16 heavy (non-hydrogen) atoms. The Hall–Kier alpha value is -1.22. The second-order valence-electron chi connectivity index (χ2n) is 4.93. The Morgan fingerprint density at radius 2 is 2.25 bits per heavy atom. The van der Waals surface area contributed by atoms with Gasteiger partial charge in [0.25, 0.3) is 0 Å². The first-order valence-electron chi connectivity index (χ1n) is 6.00. The van der Waals surface area contributed by atoms with E-state index in [1.54, 1.807) is 0 Å². The Kier molecular flexibility index (Phi) is 2.28. The van der Waals surface area contributed by atoms with Crippen LogP contribution in [0.5, 0.6) is 0 Å². The lowest BCUT2D eigenvalue weighted by molar-refractivity contribution is 0.102. The number of nitrogens with one attached hydrogen (secondary N) is 1. The number of nitrogen functional groups attached to an aromatic ring is 1. The number of hydrogen-bond donors (Lipinski definition) is 2. The topological polar surface area (TPSA) is 47.3 Å². The zero-order chi connectivity index (χ0) is 11.1. The molecule has 2 aliphatic heterocycles. The molecule has 2 saturated heterocycles. The predicted octanol–water partition coefficient (Wildman–Crippen LogP) is 2.31. The highest BCUT2D eigenvalue weighted by atomic mass is 16.5. The van der Waals surface area contributed by atoms with Crippen LogP contribution >= 0.6 is 0 Å². The lowest BCUT2D eigenvalue weighted by atomic mass is 9.95. The molecule has 2 bridgehead atoms. The van der Waals surface area contributed by atoms with Crippen LogP contribution in [-0.2, 0) is 4.74 Å². The number of fused-ring (bicyclic) bond motifs is 2. The molecule has 0 saturated carbocycles. The minimum atomic E-state index is 0.419. The monoisotopic (exact) mass is 218 g/mol.